The number of hydrogen-bond donors (Lipinski definition) is 0. The van der Waals surface area contributed by atoms with Crippen LogP contribution in [0.5, 0.6) is 0 Å². The molecule has 1 aliphatic rings. The zero-order chi connectivity index (χ0) is 10.4. The lowest BCUT2D eigenvalue weighted by Gasteiger charge is -2.18. The lowest BCUT2D eigenvalue weighted by Crippen LogP contribution is -2.22. The van der Waals surface area contributed by atoms with Crippen molar-refractivity contribution in [3.05, 3.63) is 11.6 Å². The fraction of sp³-hybridized carbons (Fsp3) is 0.727. The minimum absolute atomic E-state index is 0.192. The molecule has 3 heteroatoms. The maximum absolute atomic E-state index is 10.8. The highest BCUT2D eigenvalue weighted by Gasteiger charge is 2.12. The second-order valence-electron chi connectivity index (χ2n) is 3.50. The summed E-state index contributed by atoms with van der Waals surface area (Å²) in [6.45, 7) is 4.80. The van der Waals surface area contributed by atoms with Gasteiger partial charge in [-0.25, -0.2) is 0 Å². The summed E-state index contributed by atoms with van der Waals surface area (Å²) in [6, 6.07) is 0. The van der Waals surface area contributed by atoms with Gasteiger partial charge in [0.15, 0.2) is 0 Å². The van der Waals surface area contributed by atoms with E-state index in [4.69, 9.17) is 9.47 Å². The zero-order valence-corrected chi connectivity index (χ0v) is 8.91. The number of carbonyl (C=O) groups is 1. The number of rotatable bonds is 2. The second kappa shape index (κ2) is 5.81. The number of ether oxygens (including phenoxy) is 2. The van der Waals surface area contributed by atoms with E-state index in [-0.39, 0.29) is 12.1 Å². The van der Waals surface area contributed by atoms with E-state index in [1.807, 2.05) is 6.08 Å². The molecule has 0 bridgehead atoms. The van der Waals surface area contributed by atoms with Crippen molar-refractivity contribution < 1.29 is 14.3 Å². The quantitative estimate of drug-likeness (QED) is 0.503. The van der Waals surface area contributed by atoms with Crippen LogP contribution < -0.4 is 0 Å². The SMILES string of the molecule is CCC1=CC(OC(C)=O)COCCC1. The van der Waals surface area contributed by atoms with Crippen LogP contribution in [0.1, 0.15) is 33.1 Å². The number of hydrogen-bond acceptors (Lipinski definition) is 3. The molecule has 0 radical (unpaired) electrons. The molecular formula is C11H18O3. The molecule has 0 amide bonds. The van der Waals surface area contributed by atoms with Crippen LogP contribution in [0.15, 0.2) is 11.6 Å². The van der Waals surface area contributed by atoms with Crippen LogP contribution in [-0.4, -0.2) is 25.3 Å². The number of allylic oxidation sites excluding steroid dienone is 1. The first-order chi connectivity index (χ1) is 6.72. The molecule has 3 nitrogen and oxygen atoms in total. The van der Waals surface area contributed by atoms with Gasteiger partial charge in [0.25, 0.3) is 0 Å². The Kier molecular flexibility index (Phi) is 4.66. The third kappa shape index (κ3) is 3.92. The lowest BCUT2D eigenvalue weighted by molar-refractivity contribution is -0.146. The van der Waals surface area contributed by atoms with Gasteiger partial charge in [0, 0.05) is 13.5 Å². The number of esters is 1. The van der Waals surface area contributed by atoms with Gasteiger partial charge in [0.1, 0.15) is 6.10 Å². The molecule has 80 valence electrons. The molecule has 1 rings (SSSR count). The first-order valence-electron chi connectivity index (χ1n) is 5.17. The standard InChI is InChI=1S/C11H18O3/c1-3-10-5-4-6-13-8-11(7-10)14-9(2)12/h7,11H,3-6,8H2,1-2H3. The van der Waals surface area contributed by atoms with Gasteiger partial charge in [-0.3, -0.25) is 4.79 Å². The highest BCUT2D eigenvalue weighted by atomic mass is 16.6. The molecule has 0 aromatic rings. The first kappa shape index (κ1) is 11.2. The maximum atomic E-state index is 10.8. The fourth-order valence-corrected chi connectivity index (χ4v) is 1.57. The Morgan fingerprint density at radius 3 is 3.14 bits per heavy atom. The minimum atomic E-state index is -0.245. The van der Waals surface area contributed by atoms with Gasteiger partial charge in [-0.2, -0.15) is 0 Å². The highest BCUT2D eigenvalue weighted by Crippen LogP contribution is 2.15. The molecular weight excluding hydrogens is 180 g/mol. The molecule has 14 heavy (non-hydrogen) atoms. The monoisotopic (exact) mass is 198 g/mol. The zero-order valence-electron chi connectivity index (χ0n) is 8.91. The topological polar surface area (TPSA) is 35.5 Å². The highest BCUT2D eigenvalue weighted by molar-refractivity contribution is 5.66. The van der Waals surface area contributed by atoms with Gasteiger partial charge in [-0.15, -0.1) is 0 Å². The van der Waals surface area contributed by atoms with Gasteiger partial charge in [-0.05, 0) is 25.3 Å². The van der Waals surface area contributed by atoms with Gasteiger partial charge < -0.3 is 9.47 Å². The van der Waals surface area contributed by atoms with Gasteiger partial charge in [0.2, 0.25) is 0 Å². The molecule has 0 spiro atoms. The van der Waals surface area contributed by atoms with E-state index in [1.165, 1.54) is 12.5 Å². The fourth-order valence-electron chi connectivity index (χ4n) is 1.57. The van der Waals surface area contributed by atoms with Gasteiger partial charge in [-0.1, -0.05) is 12.5 Å². The normalized spacial score (nSPS) is 23.3. The molecule has 0 N–H and O–H groups in total. The molecule has 1 atom stereocenters. The summed E-state index contributed by atoms with van der Waals surface area (Å²) in [5.74, 6) is -0.245. The average molecular weight is 198 g/mol. The lowest BCUT2D eigenvalue weighted by atomic mass is 10.0. The van der Waals surface area contributed by atoms with Gasteiger partial charge >= 0.3 is 5.97 Å². The van der Waals surface area contributed by atoms with Crippen LogP contribution in [0.25, 0.3) is 0 Å². The molecule has 0 saturated heterocycles. The summed E-state index contributed by atoms with van der Waals surface area (Å²) in [5.41, 5.74) is 1.36. The molecule has 1 heterocycles. The van der Waals surface area contributed by atoms with Crippen molar-refractivity contribution in [2.24, 2.45) is 0 Å². The molecule has 0 aliphatic carbocycles. The van der Waals surface area contributed by atoms with E-state index in [9.17, 15) is 4.79 Å². The smallest absolute Gasteiger partial charge is 0.303 e. The summed E-state index contributed by atoms with van der Waals surface area (Å²) < 4.78 is 10.5. The predicted octanol–water partition coefficient (Wildman–Crippen LogP) is 2.06. The Morgan fingerprint density at radius 1 is 1.71 bits per heavy atom. The molecule has 1 unspecified atom stereocenters. The van der Waals surface area contributed by atoms with E-state index in [0.717, 1.165) is 25.9 Å². The van der Waals surface area contributed by atoms with Crippen molar-refractivity contribution in [3.8, 4) is 0 Å². The summed E-state index contributed by atoms with van der Waals surface area (Å²) >= 11 is 0. The third-order valence-electron chi connectivity index (χ3n) is 2.26. The van der Waals surface area contributed by atoms with Crippen molar-refractivity contribution in [3.63, 3.8) is 0 Å². The van der Waals surface area contributed by atoms with Crippen LogP contribution >= 0.6 is 0 Å². The van der Waals surface area contributed by atoms with Crippen LogP contribution in [0.3, 0.4) is 0 Å². The maximum Gasteiger partial charge on any atom is 0.303 e. The average Bonchev–Trinajstić information content (AvgIpc) is 2.08. The van der Waals surface area contributed by atoms with Gasteiger partial charge in [0.05, 0.1) is 6.61 Å². The Morgan fingerprint density at radius 2 is 2.50 bits per heavy atom. The van der Waals surface area contributed by atoms with Crippen molar-refractivity contribution in [1.29, 1.82) is 0 Å². The van der Waals surface area contributed by atoms with E-state index >= 15 is 0 Å². The predicted molar refractivity (Wildman–Crippen MR) is 54.0 cm³/mol. The van der Waals surface area contributed by atoms with E-state index in [1.54, 1.807) is 0 Å². The molecule has 0 fully saturated rings. The second-order valence-corrected chi connectivity index (χ2v) is 3.50. The van der Waals surface area contributed by atoms with Crippen molar-refractivity contribution in [2.75, 3.05) is 13.2 Å². The summed E-state index contributed by atoms with van der Waals surface area (Å²) in [6.07, 6.45) is 4.97. The first-order valence-corrected chi connectivity index (χ1v) is 5.17. The van der Waals surface area contributed by atoms with Crippen molar-refractivity contribution >= 4 is 5.97 Å². The summed E-state index contributed by atoms with van der Waals surface area (Å²) in [5, 5.41) is 0. The molecule has 1 aliphatic heterocycles. The van der Waals surface area contributed by atoms with Crippen LogP contribution in [0, 0.1) is 0 Å². The Bertz CT molecular complexity index is 221. The van der Waals surface area contributed by atoms with Crippen LogP contribution in [-0.2, 0) is 14.3 Å². The molecule has 0 saturated carbocycles. The summed E-state index contributed by atoms with van der Waals surface area (Å²) in [4.78, 5) is 10.8. The Hall–Kier alpha value is -0.830. The summed E-state index contributed by atoms with van der Waals surface area (Å²) in [7, 11) is 0. The molecule has 0 aromatic carbocycles. The third-order valence-corrected chi connectivity index (χ3v) is 2.26. The van der Waals surface area contributed by atoms with Crippen LogP contribution in [0.4, 0.5) is 0 Å². The minimum Gasteiger partial charge on any atom is -0.456 e. The van der Waals surface area contributed by atoms with Crippen molar-refractivity contribution in [1.82, 2.24) is 0 Å². The Balaban J connectivity index is 2.59. The van der Waals surface area contributed by atoms with Crippen LogP contribution in [0.2, 0.25) is 0 Å². The number of carbonyl (C=O) groups excluding carboxylic acids is 1. The van der Waals surface area contributed by atoms with E-state index in [0.29, 0.717) is 6.61 Å². The van der Waals surface area contributed by atoms with E-state index < -0.39 is 0 Å². The Labute approximate surface area is 85.1 Å². The molecule has 0 aromatic heterocycles. The van der Waals surface area contributed by atoms with E-state index in [2.05, 4.69) is 6.92 Å². The largest absolute Gasteiger partial charge is 0.456 e. The van der Waals surface area contributed by atoms with Crippen molar-refractivity contribution in [2.45, 2.75) is 39.2 Å².